The molecule has 0 aliphatic heterocycles. The van der Waals surface area contributed by atoms with Crippen LogP contribution >= 0.6 is 0 Å². The Balaban J connectivity index is 4.33. The van der Waals surface area contributed by atoms with Gasteiger partial charge >= 0.3 is 17.9 Å². The number of hydrogen-bond donors (Lipinski definition) is 0. The van der Waals surface area contributed by atoms with Gasteiger partial charge in [-0.05, 0) is 77.0 Å². The third kappa shape index (κ3) is 52.3. The fourth-order valence-corrected chi connectivity index (χ4v) is 8.28. The number of carbonyl (C=O) groups excluding carboxylic acids is 3. The number of hydrogen-bond acceptors (Lipinski definition) is 6. The summed E-state index contributed by atoms with van der Waals surface area (Å²) in [6.07, 6.45) is 66.7. The van der Waals surface area contributed by atoms with Gasteiger partial charge in [-0.3, -0.25) is 14.4 Å². The maximum atomic E-state index is 12.8. The first-order chi connectivity index (χ1) is 32.5. The largest absolute Gasteiger partial charge is 0.462 e. The molecular formula is C60H108O6. The Morgan fingerprint density at radius 2 is 0.591 bits per heavy atom. The first kappa shape index (κ1) is 63.4. The lowest BCUT2D eigenvalue weighted by Gasteiger charge is -2.18. The third-order valence-electron chi connectivity index (χ3n) is 12.6. The van der Waals surface area contributed by atoms with E-state index in [0.717, 1.165) is 89.9 Å². The summed E-state index contributed by atoms with van der Waals surface area (Å²) >= 11 is 0. The Morgan fingerprint density at radius 1 is 0.318 bits per heavy atom. The molecular weight excluding hydrogens is 817 g/mol. The molecule has 0 aromatic heterocycles. The van der Waals surface area contributed by atoms with Gasteiger partial charge in [0.1, 0.15) is 13.2 Å². The number of carbonyl (C=O) groups is 3. The zero-order valence-electron chi connectivity index (χ0n) is 44.0. The van der Waals surface area contributed by atoms with Gasteiger partial charge in [0, 0.05) is 19.3 Å². The molecule has 0 aliphatic rings. The zero-order chi connectivity index (χ0) is 47.9. The van der Waals surface area contributed by atoms with E-state index in [-0.39, 0.29) is 31.1 Å². The van der Waals surface area contributed by atoms with Crippen LogP contribution in [0.1, 0.15) is 297 Å². The van der Waals surface area contributed by atoms with Gasteiger partial charge in [-0.1, -0.05) is 249 Å². The van der Waals surface area contributed by atoms with Gasteiger partial charge in [-0.15, -0.1) is 0 Å². The predicted molar refractivity (Wildman–Crippen MR) is 284 cm³/mol. The summed E-state index contributed by atoms with van der Waals surface area (Å²) in [4.78, 5) is 38.1. The van der Waals surface area contributed by atoms with Crippen molar-refractivity contribution in [3.63, 3.8) is 0 Å². The summed E-state index contributed by atoms with van der Waals surface area (Å²) in [5.41, 5.74) is 0. The number of rotatable bonds is 52. The van der Waals surface area contributed by atoms with E-state index < -0.39 is 6.10 Å². The fourth-order valence-electron chi connectivity index (χ4n) is 8.28. The van der Waals surface area contributed by atoms with Crippen LogP contribution in [0.2, 0.25) is 0 Å². The van der Waals surface area contributed by atoms with Gasteiger partial charge in [0.25, 0.3) is 0 Å². The molecule has 0 spiro atoms. The van der Waals surface area contributed by atoms with Crippen LogP contribution in [0.5, 0.6) is 0 Å². The van der Waals surface area contributed by atoms with Crippen molar-refractivity contribution in [1.29, 1.82) is 0 Å². The lowest BCUT2D eigenvalue weighted by molar-refractivity contribution is -0.167. The third-order valence-corrected chi connectivity index (χ3v) is 12.6. The second-order valence-electron chi connectivity index (χ2n) is 19.2. The Kier molecular flexibility index (Phi) is 52.8. The molecule has 0 fully saturated rings. The van der Waals surface area contributed by atoms with Crippen molar-refractivity contribution in [2.45, 2.75) is 303 Å². The van der Waals surface area contributed by atoms with Crippen molar-refractivity contribution >= 4 is 17.9 Å². The SMILES string of the molecule is CC/C=C\C/C=C\C/C=C\CCCCCCCCCC(=O)OC(COC(=O)CCCCCCC/C=C\CCCCC)COC(=O)CCCCCCCCCCCCCCCCCCCCC. The number of allylic oxidation sites excluding steroid dienone is 8. The van der Waals surface area contributed by atoms with Crippen molar-refractivity contribution < 1.29 is 28.6 Å². The summed E-state index contributed by atoms with van der Waals surface area (Å²) < 4.78 is 16.9. The van der Waals surface area contributed by atoms with Crippen molar-refractivity contribution in [2.24, 2.45) is 0 Å². The molecule has 0 aromatic carbocycles. The standard InChI is InChI=1S/C60H108O6/c1-4-7-10-13-16-19-22-25-27-29-30-32-33-35-38-41-44-47-50-53-59(62)65-56-57(55-64-58(61)52-49-46-43-40-37-24-21-18-15-12-9-6-3)66-60(63)54-51-48-45-42-39-36-34-31-28-26-23-20-17-14-11-8-5-2/h8,11,17-18,20-21,26,28,57H,4-7,9-10,12-16,19,22-25,27,29-56H2,1-3H3/b11-8-,20-17-,21-18-,28-26-. The van der Waals surface area contributed by atoms with E-state index in [0.29, 0.717) is 19.3 Å². The minimum absolute atomic E-state index is 0.0768. The second kappa shape index (κ2) is 55.0. The lowest BCUT2D eigenvalue weighted by Crippen LogP contribution is -2.30. The first-order valence-electron chi connectivity index (χ1n) is 28.6. The van der Waals surface area contributed by atoms with E-state index >= 15 is 0 Å². The van der Waals surface area contributed by atoms with Crippen LogP contribution in [0.25, 0.3) is 0 Å². The van der Waals surface area contributed by atoms with Crippen molar-refractivity contribution in [2.75, 3.05) is 13.2 Å². The molecule has 1 unspecified atom stereocenters. The monoisotopic (exact) mass is 925 g/mol. The molecule has 0 radical (unpaired) electrons. The van der Waals surface area contributed by atoms with Crippen LogP contribution in [-0.2, 0) is 28.6 Å². The quantitative estimate of drug-likeness (QED) is 0.0262. The van der Waals surface area contributed by atoms with E-state index in [9.17, 15) is 14.4 Å². The smallest absolute Gasteiger partial charge is 0.306 e. The van der Waals surface area contributed by atoms with Crippen LogP contribution in [0.15, 0.2) is 48.6 Å². The minimum atomic E-state index is -0.779. The van der Waals surface area contributed by atoms with Gasteiger partial charge in [-0.2, -0.15) is 0 Å². The molecule has 6 heteroatoms. The molecule has 0 rings (SSSR count). The molecule has 1 atom stereocenters. The van der Waals surface area contributed by atoms with Gasteiger partial charge in [-0.25, -0.2) is 0 Å². The topological polar surface area (TPSA) is 78.9 Å². The molecule has 0 saturated carbocycles. The average Bonchev–Trinajstić information content (AvgIpc) is 3.31. The van der Waals surface area contributed by atoms with Crippen LogP contribution in [-0.4, -0.2) is 37.2 Å². The summed E-state index contributed by atoms with van der Waals surface area (Å²) in [5, 5.41) is 0. The van der Waals surface area contributed by atoms with Crippen LogP contribution < -0.4 is 0 Å². The molecule has 0 bridgehead atoms. The van der Waals surface area contributed by atoms with Gasteiger partial charge in [0.05, 0.1) is 0 Å². The van der Waals surface area contributed by atoms with E-state index in [2.05, 4.69) is 69.4 Å². The first-order valence-corrected chi connectivity index (χ1v) is 28.6. The number of ether oxygens (including phenoxy) is 3. The number of unbranched alkanes of at least 4 members (excludes halogenated alkanes) is 33. The molecule has 0 saturated heterocycles. The maximum Gasteiger partial charge on any atom is 0.306 e. The number of esters is 3. The zero-order valence-corrected chi connectivity index (χ0v) is 44.0. The van der Waals surface area contributed by atoms with E-state index in [1.165, 1.54) is 167 Å². The maximum absolute atomic E-state index is 12.8. The fraction of sp³-hybridized carbons (Fsp3) is 0.817. The Morgan fingerprint density at radius 3 is 0.970 bits per heavy atom. The molecule has 0 amide bonds. The summed E-state index contributed by atoms with van der Waals surface area (Å²) in [5.74, 6) is -0.882. The highest BCUT2D eigenvalue weighted by atomic mass is 16.6. The summed E-state index contributed by atoms with van der Waals surface area (Å²) in [6, 6.07) is 0. The van der Waals surface area contributed by atoms with Crippen molar-refractivity contribution in [1.82, 2.24) is 0 Å². The van der Waals surface area contributed by atoms with E-state index in [4.69, 9.17) is 14.2 Å². The highest BCUT2D eigenvalue weighted by Gasteiger charge is 2.19. The molecule has 0 heterocycles. The van der Waals surface area contributed by atoms with E-state index in [1.54, 1.807) is 0 Å². The minimum Gasteiger partial charge on any atom is -0.462 e. The van der Waals surface area contributed by atoms with Crippen LogP contribution in [0.3, 0.4) is 0 Å². The van der Waals surface area contributed by atoms with Crippen LogP contribution in [0.4, 0.5) is 0 Å². The summed E-state index contributed by atoms with van der Waals surface area (Å²) in [6.45, 7) is 6.53. The molecule has 384 valence electrons. The second-order valence-corrected chi connectivity index (χ2v) is 19.2. The average molecular weight is 926 g/mol. The lowest BCUT2D eigenvalue weighted by atomic mass is 10.0. The highest BCUT2D eigenvalue weighted by Crippen LogP contribution is 2.16. The summed E-state index contributed by atoms with van der Waals surface area (Å²) in [7, 11) is 0. The van der Waals surface area contributed by atoms with Crippen molar-refractivity contribution in [3.8, 4) is 0 Å². The van der Waals surface area contributed by atoms with Gasteiger partial charge < -0.3 is 14.2 Å². The molecule has 6 nitrogen and oxygen atoms in total. The molecule has 0 aromatic rings. The molecule has 0 N–H and O–H groups in total. The normalized spacial score (nSPS) is 12.3. The van der Waals surface area contributed by atoms with Crippen LogP contribution in [0, 0.1) is 0 Å². The Hall–Kier alpha value is -2.63. The Bertz CT molecular complexity index is 1150. The molecule has 66 heavy (non-hydrogen) atoms. The molecule has 0 aliphatic carbocycles. The van der Waals surface area contributed by atoms with E-state index in [1.807, 2.05) is 0 Å². The van der Waals surface area contributed by atoms with Gasteiger partial charge in [0.2, 0.25) is 0 Å². The predicted octanol–water partition coefficient (Wildman–Crippen LogP) is 19.0. The van der Waals surface area contributed by atoms with Crippen molar-refractivity contribution in [3.05, 3.63) is 48.6 Å². The van der Waals surface area contributed by atoms with Gasteiger partial charge in [0.15, 0.2) is 6.10 Å². The Labute approximate surface area is 409 Å². The highest BCUT2D eigenvalue weighted by molar-refractivity contribution is 5.71.